The van der Waals surface area contributed by atoms with Gasteiger partial charge in [0.2, 0.25) is 5.75 Å². The molecule has 0 fully saturated rings. The van der Waals surface area contributed by atoms with E-state index in [0.29, 0.717) is 34.1 Å². The summed E-state index contributed by atoms with van der Waals surface area (Å²) in [7, 11) is 4.54. The molecule has 0 bridgehead atoms. The minimum Gasteiger partial charge on any atom is -0.493 e. The molecule has 1 heterocycles. The van der Waals surface area contributed by atoms with E-state index in [2.05, 4.69) is 4.98 Å². The number of aromatic amines is 1. The van der Waals surface area contributed by atoms with Crippen molar-refractivity contribution in [3.05, 3.63) is 64.4 Å². The van der Waals surface area contributed by atoms with Gasteiger partial charge in [-0.2, -0.15) is 5.26 Å². The number of methoxy groups -OCH3 is 3. The molecule has 0 amide bonds. The third-order valence-electron chi connectivity index (χ3n) is 4.21. The Morgan fingerprint density at radius 1 is 0.889 bits per heavy atom. The number of hydrogen-bond donors (Lipinski definition) is 1. The zero-order valence-electron chi connectivity index (χ0n) is 15.2. The Balaban J connectivity index is 2.29. The number of ether oxygens (including phenoxy) is 3. The summed E-state index contributed by atoms with van der Waals surface area (Å²) in [6.45, 7) is 0. The number of benzene rings is 2. The Kier molecular flexibility index (Phi) is 5.13. The van der Waals surface area contributed by atoms with Gasteiger partial charge in [0.15, 0.2) is 11.5 Å². The summed E-state index contributed by atoms with van der Waals surface area (Å²) in [6, 6.07) is 16.6. The predicted octanol–water partition coefficient (Wildman–Crippen LogP) is 3.61. The van der Waals surface area contributed by atoms with Gasteiger partial charge in [-0.05, 0) is 29.3 Å². The Labute approximate surface area is 156 Å². The van der Waals surface area contributed by atoms with Crippen LogP contribution in [-0.2, 0) is 0 Å². The average molecular weight is 362 g/mol. The highest BCUT2D eigenvalue weighted by Gasteiger charge is 2.18. The number of pyridine rings is 1. The molecule has 0 unspecified atom stereocenters. The topological polar surface area (TPSA) is 84.3 Å². The number of rotatable bonds is 5. The molecule has 0 aliphatic carbocycles. The second-order valence-corrected chi connectivity index (χ2v) is 5.69. The van der Waals surface area contributed by atoms with Gasteiger partial charge in [0.25, 0.3) is 5.56 Å². The zero-order chi connectivity index (χ0) is 19.4. The summed E-state index contributed by atoms with van der Waals surface area (Å²) in [5.41, 5.74) is 2.12. The fraction of sp³-hybridized carbons (Fsp3) is 0.143. The van der Waals surface area contributed by atoms with Gasteiger partial charge in [-0.1, -0.05) is 30.3 Å². The summed E-state index contributed by atoms with van der Waals surface area (Å²) in [5.74, 6) is 1.32. The normalized spacial score (nSPS) is 10.1. The number of nitrogens with one attached hydrogen (secondary N) is 1. The molecule has 6 heteroatoms. The minimum atomic E-state index is -0.456. The van der Waals surface area contributed by atoms with Crippen LogP contribution in [0, 0.1) is 11.3 Å². The quantitative estimate of drug-likeness (QED) is 0.749. The van der Waals surface area contributed by atoms with Crippen molar-refractivity contribution in [2.24, 2.45) is 0 Å². The van der Waals surface area contributed by atoms with Gasteiger partial charge in [-0.25, -0.2) is 0 Å². The Bertz CT molecular complexity index is 1040. The molecular weight excluding hydrogens is 344 g/mol. The number of nitriles is 1. The molecule has 3 rings (SSSR count). The van der Waals surface area contributed by atoms with Crippen LogP contribution in [0.15, 0.2) is 53.3 Å². The van der Waals surface area contributed by atoms with Crippen LogP contribution in [0.2, 0.25) is 0 Å². The van der Waals surface area contributed by atoms with Gasteiger partial charge >= 0.3 is 0 Å². The lowest BCUT2D eigenvalue weighted by molar-refractivity contribution is 0.324. The SMILES string of the molecule is COc1cc(-c2cc(-c3ccccc3)[nH]c(=O)c2C#N)cc(OC)c1OC. The number of nitrogens with zero attached hydrogens (tertiary/aromatic N) is 1. The van der Waals surface area contributed by atoms with Crippen molar-refractivity contribution in [2.75, 3.05) is 21.3 Å². The third kappa shape index (κ3) is 3.35. The third-order valence-corrected chi connectivity index (χ3v) is 4.21. The maximum absolute atomic E-state index is 12.5. The first-order valence-corrected chi connectivity index (χ1v) is 8.16. The summed E-state index contributed by atoms with van der Waals surface area (Å²) in [6.07, 6.45) is 0. The van der Waals surface area contributed by atoms with Gasteiger partial charge < -0.3 is 19.2 Å². The standard InChI is InChI=1S/C21H18N2O4/c1-25-18-9-14(10-19(26-2)20(18)27-3)15-11-17(13-7-5-4-6-8-13)23-21(24)16(15)12-22/h4-11H,1-3H3,(H,23,24). The van der Waals surface area contributed by atoms with E-state index in [1.54, 1.807) is 18.2 Å². The molecule has 1 N–H and O–H groups in total. The fourth-order valence-corrected chi connectivity index (χ4v) is 2.91. The van der Waals surface area contributed by atoms with E-state index in [4.69, 9.17) is 14.2 Å². The molecule has 3 aromatic rings. The number of hydrogen-bond acceptors (Lipinski definition) is 5. The molecule has 0 saturated heterocycles. The van der Waals surface area contributed by atoms with Crippen LogP contribution < -0.4 is 19.8 Å². The highest BCUT2D eigenvalue weighted by Crippen LogP contribution is 2.41. The first-order valence-electron chi connectivity index (χ1n) is 8.16. The average Bonchev–Trinajstić information content (AvgIpc) is 2.72. The second-order valence-electron chi connectivity index (χ2n) is 5.69. The molecule has 136 valence electrons. The predicted molar refractivity (Wildman–Crippen MR) is 102 cm³/mol. The monoisotopic (exact) mass is 362 g/mol. The first-order chi connectivity index (χ1) is 13.1. The van der Waals surface area contributed by atoms with Crippen molar-refractivity contribution in [1.29, 1.82) is 5.26 Å². The molecule has 0 spiro atoms. The molecule has 0 aliphatic heterocycles. The molecule has 27 heavy (non-hydrogen) atoms. The lowest BCUT2D eigenvalue weighted by atomic mass is 9.98. The maximum Gasteiger partial charge on any atom is 0.266 e. The zero-order valence-corrected chi connectivity index (χ0v) is 15.2. The molecule has 0 atom stereocenters. The molecule has 0 saturated carbocycles. The summed E-state index contributed by atoms with van der Waals surface area (Å²) < 4.78 is 16.1. The molecule has 6 nitrogen and oxygen atoms in total. The van der Waals surface area contributed by atoms with E-state index in [-0.39, 0.29) is 5.56 Å². The van der Waals surface area contributed by atoms with Crippen molar-refractivity contribution in [2.45, 2.75) is 0 Å². The van der Waals surface area contributed by atoms with Gasteiger partial charge in [-0.3, -0.25) is 4.79 Å². The van der Waals surface area contributed by atoms with Crippen LogP contribution in [0.5, 0.6) is 17.2 Å². The smallest absolute Gasteiger partial charge is 0.266 e. The van der Waals surface area contributed by atoms with Crippen molar-refractivity contribution < 1.29 is 14.2 Å². The van der Waals surface area contributed by atoms with E-state index in [0.717, 1.165) is 5.56 Å². The molecule has 2 aromatic carbocycles. The van der Waals surface area contributed by atoms with E-state index in [1.807, 2.05) is 36.4 Å². The Morgan fingerprint density at radius 3 is 2.04 bits per heavy atom. The largest absolute Gasteiger partial charge is 0.493 e. The number of aromatic nitrogens is 1. The lowest BCUT2D eigenvalue weighted by Crippen LogP contribution is -2.12. The summed E-state index contributed by atoms with van der Waals surface area (Å²) in [4.78, 5) is 15.3. The molecular formula is C21H18N2O4. The maximum atomic E-state index is 12.5. The number of H-pyrrole nitrogens is 1. The van der Waals surface area contributed by atoms with Crippen LogP contribution in [0.25, 0.3) is 22.4 Å². The molecule has 0 aliphatic rings. The van der Waals surface area contributed by atoms with E-state index < -0.39 is 5.56 Å². The summed E-state index contributed by atoms with van der Waals surface area (Å²) >= 11 is 0. The van der Waals surface area contributed by atoms with Crippen LogP contribution in [0.3, 0.4) is 0 Å². The van der Waals surface area contributed by atoms with Gasteiger partial charge in [0, 0.05) is 11.3 Å². The highest BCUT2D eigenvalue weighted by molar-refractivity contribution is 5.78. The van der Waals surface area contributed by atoms with Crippen molar-refractivity contribution in [3.8, 4) is 45.7 Å². The molecule has 0 radical (unpaired) electrons. The van der Waals surface area contributed by atoms with Gasteiger partial charge in [-0.15, -0.1) is 0 Å². The highest BCUT2D eigenvalue weighted by atomic mass is 16.5. The Hall–Kier alpha value is -3.72. The first kappa shape index (κ1) is 18.1. The van der Waals surface area contributed by atoms with Crippen LogP contribution in [-0.4, -0.2) is 26.3 Å². The van der Waals surface area contributed by atoms with E-state index in [1.165, 1.54) is 21.3 Å². The lowest BCUT2D eigenvalue weighted by Gasteiger charge is -2.15. The van der Waals surface area contributed by atoms with Gasteiger partial charge in [0.1, 0.15) is 11.6 Å². The van der Waals surface area contributed by atoms with Crippen molar-refractivity contribution >= 4 is 0 Å². The van der Waals surface area contributed by atoms with E-state index >= 15 is 0 Å². The second kappa shape index (κ2) is 7.67. The van der Waals surface area contributed by atoms with Crippen LogP contribution in [0.1, 0.15) is 5.56 Å². The van der Waals surface area contributed by atoms with Crippen molar-refractivity contribution in [3.63, 3.8) is 0 Å². The minimum absolute atomic E-state index is 0.0176. The van der Waals surface area contributed by atoms with Gasteiger partial charge in [0.05, 0.1) is 21.3 Å². The van der Waals surface area contributed by atoms with Crippen molar-refractivity contribution in [1.82, 2.24) is 4.98 Å². The van der Waals surface area contributed by atoms with Crippen LogP contribution in [0.4, 0.5) is 0 Å². The van der Waals surface area contributed by atoms with Crippen LogP contribution >= 0.6 is 0 Å². The molecule has 1 aromatic heterocycles. The summed E-state index contributed by atoms with van der Waals surface area (Å²) in [5, 5.41) is 9.52. The Morgan fingerprint density at radius 2 is 1.52 bits per heavy atom. The van der Waals surface area contributed by atoms with E-state index in [9.17, 15) is 10.1 Å². The fourth-order valence-electron chi connectivity index (χ4n) is 2.91.